The van der Waals surface area contributed by atoms with Crippen LogP contribution in [0.3, 0.4) is 0 Å². The van der Waals surface area contributed by atoms with Crippen LogP contribution in [0.5, 0.6) is 0 Å². The third-order valence-corrected chi connectivity index (χ3v) is 2.51. The first kappa shape index (κ1) is 10.8. The number of hydrogen-bond donors (Lipinski definition) is 2. The summed E-state index contributed by atoms with van der Waals surface area (Å²) in [6.07, 6.45) is 0.887. The molecule has 0 aliphatic heterocycles. The molecule has 0 radical (unpaired) electrons. The fourth-order valence-electron chi connectivity index (χ4n) is 1.21. The topological polar surface area (TPSA) is 38.0 Å². The van der Waals surface area contributed by atoms with Gasteiger partial charge in [0.2, 0.25) is 0 Å². The van der Waals surface area contributed by atoms with Crippen molar-refractivity contribution in [3.63, 3.8) is 0 Å². The highest BCUT2D eigenvalue weighted by atomic mass is 35.5. The van der Waals surface area contributed by atoms with Gasteiger partial charge in [0, 0.05) is 16.1 Å². The minimum absolute atomic E-state index is 0.0877. The smallest absolute Gasteiger partial charge is 0.0472 e. The molecular formula is C9H12Cl2N2. The molecule has 4 heteroatoms. The normalized spacial score (nSPS) is 12.9. The van der Waals surface area contributed by atoms with Crippen LogP contribution in [0, 0.1) is 0 Å². The average Bonchev–Trinajstić information content (AvgIpc) is 2.10. The molecule has 0 aliphatic carbocycles. The van der Waals surface area contributed by atoms with Gasteiger partial charge in [0.1, 0.15) is 0 Å². The Kier molecular flexibility index (Phi) is 4.00. The fraction of sp³-hybridized carbons (Fsp3) is 0.333. The van der Waals surface area contributed by atoms with Crippen molar-refractivity contribution in [1.29, 1.82) is 0 Å². The van der Waals surface area contributed by atoms with Crippen LogP contribution in [0.25, 0.3) is 0 Å². The molecule has 0 spiro atoms. The van der Waals surface area contributed by atoms with E-state index in [0.29, 0.717) is 10.0 Å². The van der Waals surface area contributed by atoms with Crippen LogP contribution < -0.4 is 11.3 Å². The molecule has 3 N–H and O–H groups in total. The standard InChI is InChI=1S/C9H12Cl2N2/c1-2-9(13-12)7-4-3-6(10)5-8(7)11/h3-5,9,13H,2,12H2,1H3/t9-/m1/s1. The van der Waals surface area contributed by atoms with Gasteiger partial charge in [0.25, 0.3) is 0 Å². The van der Waals surface area contributed by atoms with E-state index in [-0.39, 0.29) is 6.04 Å². The molecule has 0 saturated carbocycles. The quantitative estimate of drug-likeness (QED) is 0.605. The maximum absolute atomic E-state index is 6.00. The van der Waals surface area contributed by atoms with Gasteiger partial charge in [0.05, 0.1) is 0 Å². The van der Waals surface area contributed by atoms with Crippen molar-refractivity contribution in [2.45, 2.75) is 19.4 Å². The number of hydrazine groups is 1. The van der Waals surface area contributed by atoms with Crippen molar-refractivity contribution < 1.29 is 0 Å². The summed E-state index contributed by atoms with van der Waals surface area (Å²) in [7, 11) is 0. The van der Waals surface area contributed by atoms with Crippen molar-refractivity contribution in [3.05, 3.63) is 33.8 Å². The Hall–Kier alpha value is -0.280. The van der Waals surface area contributed by atoms with Crippen LogP contribution in [-0.2, 0) is 0 Å². The van der Waals surface area contributed by atoms with Crippen LogP contribution >= 0.6 is 23.2 Å². The van der Waals surface area contributed by atoms with Crippen LogP contribution in [0.1, 0.15) is 24.9 Å². The summed E-state index contributed by atoms with van der Waals surface area (Å²) in [4.78, 5) is 0. The Morgan fingerprint density at radius 1 is 1.46 bits per heavy atom. The number of hydrogen-bond acceptors (Lipinski definition) is 2. The van der Waals surface area contributed by atoms with E-state index in [1.165, 1.54) is 0 Å². The zero-order valence-electron chi connectivity index (χ0n) is 7.35. The largest absolute Gasteiger partial charge is 0.271 e. The molecule has 0 aromatic heterocycles. The molecule has 1 atom stereocenters. The van der Waals surface area contributed by atoms with E-state index in [1.54, 1.807) is 6.07 Å². The van der Waals surface area contributed by atoms with Gasteiger partial charge in [-0.1, -0.05) is 36.2 Å². The van der Waals surface area contributed by atoms with E-state index < -0.39 is 0 Å². The summed E-state index contributed by atoms with van der Waals surface area (Å²) < 4.78 is 0. The first-order chi connectivity index (χ1) is 6.19. The molecule has 0 aliphatic rings. The minimum Gasteiger partial charge on any atom is -0.271 e. The molecule has 0 unspecified atom stereocenters. The predicted molar refractivity (Wildman–Crippen MR) is 56.8 cm³/mol. The van der Waals surface area contributed by atoms with E-state index >= 15 is 0 Å². The van der Waals surface area contributed by atoms with Crippen LogP contribution in [-0.4, -0.2) is 0 Å². The molecule has 1 rings (SSSR count). The van der Waals surface area contributed by atoms with Crippen molar-refractivity contribution in [2.24, 2.45) is 5.84 Å². The highest BCUT2D eigenvalue weighted by Crippen LogP contribution is 2.27. The van der Waals surface area contributed by atoms with Gasteiger partial charge in [-0.2, -0.15) is 0 Å². The molecule has 72 valence electrons. The minimum atomic E-state index is 0.0877. The van der Waals surface area contributed by atoms with E-state index in [4.69, 9.17) is 29.0 Å². The maximum atomic E-state index is 6.00. The second kappa shape index (κ2) is 4.82. The maximum Gasteiger partial charge on any atom is 0.0472 e. The summed E-state index contributed by atoms with van der Waals surface area (Å²) in [6.45, 7) is 2.04. The van der Waals surface area contributed by atoms with Crippen molar-refractivity contribution in [2.75, 3.05) is 0 Å². The SMILES string of the molecule is CC[C@@H](NN)c1ccc(Cl)cc1Cl. The van der Waals surface area contributed by atoms with Gasteiger partial charge in [-0.25, -0.2) is 0 Å². The Labute approximate surface area is 88.0 Å². The van der Waals surface area contributed by atoms with Crippen LogP contribution in [0.15, 0.2) is 18.2 Å². The first-order valence-electron chi connectivity index (χ1n) is 4.10. The van der Waals surface area contributed by atoms with E-state index in [2.05, 4.69) is 5.43 Å². The second-order valence-corrected chi connectivity index (χ2v) is 3.64. The van der Waals surface area contributed by atoms with Crippen molar-refractivity contribution in [3.8, 4) is 0 Å². The molecule has 13 heavy (non-hydrogen) atoms. The summed E-state index contributed by atoms with van der Waals surface area (Å²) >= 11 is 11.8. The van der Waals surface area contributed by atoms with Crippen LogP contribution in [0.2, 0.25) is 10.0 Å². The van der Waals surface area contributed by atoms with Gasteiger partial charge in [-0.05, 0) is 24.1 Å². The fourth-order valence-corrected chi connectivity index (χ4v) is 1.75. The Bertz CT molecular complexity index is 285. The Morgan fingerprint density at radius 3 is 2.62 bits per heavy atom. The molecular weight excluding hydrogens is 207 g/mol. The van der Waals surface area contributed by atoms with Gasteiger partial charge in [-0.15, -0.1) is 0 Å². The van der Waals surface area contributed by atoms with Gasteiger partial charge in [-0.3, -0.25) is 11.3 Å². The van der Waals surface area contributed by atoms with Gasteiger partial charge >= 0.3 is 0 Å². The highest BCUT2D eigenvalue weighted by molar-refractivity contribution is 6.35. The Balaban J connectivity index is 2.99. The van der Waals surface area contributed by atoms with Gasteiger partial charge < -0.3 is 0 Å². The lowest BCUT2D eigenvalue weighted by Gasteiger charge is -2.15. The number of nitrogens with two attached hydrogens (primary N) is 1. The van der Waals surface area contributed by atoms with E-state index in [9.17, 15) is 0 Å². The molecule has 0 amide bonds. The van der Waals surface area contributed by atoms with Gasteiger partial charge in [0.15, 0.2) is 0 Å². The highest BCUT2D eigenvalue weighted by Gasteiger charge is 2.10. The van der Waals surface area contributed by atoms with E-state index in [1.807, 2.05) is 19.1 Å². The lowest BCUT2D eigenvalue weighted by Crippen LogP contribution is -2.27. The third kappa shape index (κ3) is 2.58. The molecule has 0 fully saturated rings. The Morgan fingerprint density at radius 2 is 2.15 bits per heavy atom. The number of rotatable bonds is 3. The summed E-state index contributed by atoms with van der Waals surface area (Å²) in [5, 5.41) is 1.29. The summed E-state index contributed by atoms with van der Waals surface area (Å²) in [6, 6.07) is 5.50. The molecule has 0 heterocycles. The first-order valence-corrected chi connectivity index (χ1v) is 4.85. The molecule has 1 aromatic carbocycles. The molecule has 2 nitrogen and oxygen atoms in total. The third-order valence-electron chi connectivity index (χ3n) is 1.95. The second-order valence-electron chi connectivity index (χ2n) is 2.79. The van der Waals surface area contributed by atoms with E-state index in [0.717, 1.165) is 12.0 Å². The van der Waals surface area contributed by atoms with Crippen molar-refractivity contribution in [1.82, 2.24) is 5.43 Å². The lowest BCUT2D eigenvalue weighted by molar-refractivity contribution is 0.539. The number of nitrogens with one attached hydrogen (secondary N) is 1. The van der Waals surface area contributed by atoms with Crippen molar-refractivity contribution >= 4 is 23.2 Å². The summed E-state index contributed by atoms with van der Waals surface area (Å²) in [5.41, 5.74) is 3.68. The van der Waals surface area contributed by atoms with Crippen LogP contribution in [0.4, 0.5) is 0 Å². The number of halogens is 2. The summed E-state index contributed by atoms with van der Waals surface area (Å²) in [5.74, 6) is 5.38. The molecule has 0 bridgehead atoms. The molecule has 1 aromatic rings. The zero-order chi connectivity index (χ0) is 9.84. The lowest BCUT2D eigenvalue weighted by atomic mass is 10.1. The zero-order valence-corrected chi connectivity index (χ0v) is 8.86. The number of benzene rings is 1. The predicted octanol–water partition coefficient (Wildman–Crippen LogP) is 2.91. The monoisotopic (exact) mass is 218 g/mol. The molecule has 0 saturated heterocycles. The average molecular weight is 219 g/mol.